The van der Waals surface area contributed by atoms with Gasteiger partial charge in [0, 0.05) is 28.6 Å². The van der Waals surface area contributed by atoms with Gasteiger partial charge in [-0.2, -0.15) is 0 Å². The largest absolute Gasteiger partial charge is 0.458 e. The molecule has 1 aliphatic heterocycles. The molecule has 0 N–H and O–H groups in total. The van der Waals surface area contributed by atoms with Crippen molar-refractivity contribution in [2.24, 2.45) is 20.8 Å². The molecule has 0 spiro atoms. The molecule has 184 valence electrons. The number of carbonyl (C=O) groups is 2. The topological polar surface area (TPSA) is 217 Å². The van der Waals surface area contributed by atoms with Crippen molar-refractivity contribution in [2.75, 3.05) is 0 Å². The van der Waals surface area contributed by atoms with Crippen molar-refractivity contribution in [3.05, 3.63) is 31.3 Å². The Morgan fingerprint density at radius 2 is 1.38 bits per heavy atom. The smallest absolute Gasteiger partial charge is 0.303 e. The second-order valence-corrected chi connectivity index (χ2v) is 9.03. The highest BCUT2D eigenvalue weighted by molar-refractivity contribution is 5.67. The van der Waals surface area contributed by atoms with Crippen LogP contribution in [0.15, 0.2) is 15.3 Å². The number of hydrogen-bond donors (Lipinski definition) is 0. The van der Waals surface area contributed by atoms with Crippen LogP contribution in [0.25, 0.3) is 31.3 Å². The Morgan fingerprint density at radius 1 is 0.853 bits per heavy atom. The number of ether oxygens (including phenoxy) is 4. The molecule has 1 saturated heterocycles. The maximum absolute atomic E-state index is 11.9. The number of azide groups is 3. The van der Waals surface area contributed by atoms with E-state index in [1.165, 1.54) is 0 Å². The Labute approximate surface area is 194 Å². The van der Waals surface area contributed by atoms with Crippen LogP contribution in [0.4, 0.5) is 0 Å². The summed E-state index contributed by atoms with van der Waals surface area (Å²) in [5, 5.41) is 11.2. The minimum absolute atomic E-state index is 0.00186. The van der Waals surface area contributed by atoms with Crippen LogP contribution in [-0.4, -0.2) is 60.8 Å². The zero-order chi connectivity index (χ0) is 24.9. The first-order chi connectivity index (χ1) is 16.2. The third-order valence-electron chi connectivity index (χ3n) is 6.54. The van der Waals surface area contributed by atoms with Crippen LogP contribution in [0.3, 0.4) is 0 Å². The summed E-state index contributed by atoms with van der Waals surface area (Å²) in [7, 11) is 0. The molecule has 2 aliphatic carbocycles. The van der Waals surface area contributed by atoms with Crippen molar-refractivity contribution in [1.82, 2.24) is 0 Å². The van der Waals surface area contributed by atoms with E-state index in [-0.39, 0.29) is 17.9 Å². The van der Waals surface area contributed by atoms with E-state index < -0.39 is 54.7 Å². The Hall–Kier alpha value is -3.21. The lowest BCUT2D eigenvalue weighted by atomic mass is 9.84. The van der Waals surface area contributed by atoms with Crippen molar-refractivity contribution in [1.29, 1.82) is 0 Å². The SMILES string of the molecule is CC(=O)OC1C(N=[N+]=[N-])CC(N=[N+]=[N-])C(OC2OC(C3(C)CC3)CCC2N=[N+]=[N-])C1OC(C)=O. The van der Waals surface area contributed by atoms with Crippen LogP contribution in [0.5, 0.6) is 0 Å². The molecule has 0 aromatic heterocycles. The molecule has 15 heteroatoms. The lowest BCUT2D eigenvalue weighted by Crippen LogP contribution is -2.60. The van der Waals surface area contributed by atoms with Crippen molar-refractivity contribution in [3.63, 3.8) is 0 Å². The van der Waals surface area contributed by atoms with Gasteiger partial charge in [0.25, 0.3) is 0 Å². The highest BCUT2D eigenvalue weighted by Gasteiger charge is 2.53. The third-order valence-corrected chi connectivity index (χ3v) is 6.54. The number of nitrogens with zero attached hydrogens (tertiary/aromatic N) is 9. The molecule has 8 unspecified atom stereocenters. The monoisotopic (exact) mass is 477 g/mol. The number of rotatable bonds is 8. The molecule has 0 aromatic rings. The van der Waals surface area contributed by atoms with E-state index in [4.69, 9.17) is 35.5 Å². The molecule has 3 fully saturated rings. The van der Waals surface area contributed by atoms with Gasteiger partial charge >= 0.3 is 11.9 Å². The highest BCUT2D eigenvalue weighted by atomic mass is 16.7. The van der Waals surface area contributed by atoms with E-state index in [0.717, 1.165) is 26.7 Å². The zero-order valence-electron chi connectivity index (χ0n) is 19.1. The molecule has 1 heterocycles. The molecule has 8 atom stereocenters. The Bertz CT molecular complexity index is 939. The van der Waals surface area contributed by atoms with Gasteiger partial charge in [0.05, 0.1) is 24.2 Å². The van der Waals surface area contributed by atoms with Crippen molar-refractivity contribution >= 4 is 11.9 Å². The van der Waals surface area contributed by atoms with Gasteiger partial charge in [0.1, 0.15) is 12.2 Å². The van der Waals surface area contributed by atoms with Gasteiger partial charge in [-0.3, -0.25) is 9.59 Å². The lowest BCUT2D eigenvalue weighted by molar-refractivity contribution is -0.265. The average Bonchev–Trinajstić information content (AvgIpc) is 3.52. The quantitative estimate of drug-likeness (QED) is 0.217. The van der Waals surface area contributed by atoms with Crippen molar-refractivity contribution < 1.29 is 28.5 Å². The Morgan fingerprint density at radius 3 is 1.91 bits per heavy atom. The fraction of sp³-hybridized carbons (Fsp3) is 0.895. The Kier molecular flexibility index (Phi) is 8.08. The molecule has 0 amide bonds. The number of esters is 2. The van der Waals surface area contributed by atoms with Crippen LogP contribution in [0, 0.1) is 5.41 Å². The molecular weight excluding hydrogens is 450 g/mol. The Balaban J connectivity index is 1.97. The molecule has 34 heavy (non-hydrogen) atoms. The normalized spacial score (nSPS) is 36.0. The van der Waals surface area contributed by atoms with Gasteiger partial charge in [-0.1, -0.05) is 22.3 Å². The summed E-state index contributed by atoms with van der Waals surface area (Å²) in [4.78, 5) is 32.3. The molecule has 3 rings (SSSR count). The fourth-order valence-electron chi connectivity index (χ4n) is 4.60. The van der Waals surface area contributed by atoms with Crippen LogP contribution >= 0.6 is 0 Å². The number of hydrogen-bond acceptors (Lipinski definition) is 9. The van der Waals surface area contributed by atoms with Crippen LogP contribution in [0.1, 0.15) is 52.9 Å². The van der Waals surface area contributed by atoms with E-state index in [1.807, 2.05) is 0 Å². The van der Waals surface area contributed by atoms with Crippen molar-refractivity contribution in [3.8, 4) is 0 Å². The van der Waals surface area contributed by atoms with Gasteiger partial charge in [-0.25, -0.2) is 0 Å². The van der Waals surface area contributed by atoms with Crippen LogP contribution < -0.4 is 0 Å². The number of carbonyl (C=O) groups excluding carboxylic acids is 2. The minimum atomic E-state index is -1.27. The first-order valence-corrected chi connectivity index (χ1v) is 11.0. The van der Waals surface area contributed by atoms with E-state index in [1.54, 1.807) is 0 Å². The summed E-state index contributed by atoms with van der Waals surface area (Å²) < 4.78 is 23.2. The van der Waals surface area contributed by atoms with Gasteiger partial charge in [0.15, 0.2) is 12.4 Å². The predicted molar refractivity (Wildman–Crippen MR) is 115 cm³/mol. The standard InChI is InChI=1S/C19H27N9O6/c1-9(29)31-15-12(24-27-21)8-13(25-28-22)16(17(15)32-10(2)30)34-18-11(23-26-20)4-5-14(33-18)19(3)6-7-19/h11-18H,4-8H2,1-3H3. The molecule has 3 aliphatic rings. The molecular formula is C19H27N9O6. The zero-order valence-corrected chi connectivity index (χ0v) is 19.1. The van der Waals surface area contributed by atoms with Crippen LogP contribution in [-0.2, 0) is 28.5 Å². The highest BCUT2D eigenvalue weighted by Crippen LogP contribution is 2.52. The van der Waals surface area contributed by atoms with Gasteiger partial charge < -0.3 is 18.9 Å². The summed E-state index contributed by atoms with van der Waals surface area (Å²) in [5.41, 5.74) is 27.2. The minimum Gasteiger partial charge on any atom is -0.458 e. The lowest BCUT2D eigenvalue weighted by Gasteiger charge is -2.45. The van der Waals surface area contributed by atoms with E-state index >= 15 is 0 Å². The van der Waals surface area contributed by atoms with E-state index in [9.17, 15) is 9.59 Å². The summed E-state index contributed by atoms with van der Waals surface area (Å²) in [6, 6.07) is -2.61. The fourth-order valence-corrected chi connectivity index (χ4v) is 4.60. The van der Waals surface area contributed by atoms with Crippen molar-refractivity contribution in [2.45, 2.75) is 102 Å². The summed E-state index contributed by atoms with van der Waals surface area (Å²) >= 11 is 0. The van der Waals surface area contributed by atoms with Crippen LogP contribution in [0.2, 0.25) is 0 Å². The summed E-state index contributed by atoms with van der Waals surface area (Å²) in [6.07, 6.45) is -1.56. The molecule has 0 aromatic carbocycles. The second kappa shape index (κ2) is 10.8. The van der Waals surface area contributed by atoms with Gasteiger partial charge in [-0.05, 0) is 54.1 Å². The van der Waals surface area contributed by atoms with E-state index in [2.05, 4.69) is 37.0 Å². The predicted octanol–water partition coefficient (Wildman–Crippen LogP) is 3.98. The molecule has 0 radical (unpaired) electrons. The molecule has 2 saturated carbocycles. The first kappa shape index (κ1) is 25.4. The second-order valence-electron chi connectivity index (χ2n) is 9.03. The molecule has 15 nitrogen and oxygen atoms in total. The van der Waals surface area contributed by atoms with Gasteiger partial charge in [-0.15, -0.1) is 0 Å². The summed E-state index contributed by atoms with van der Waals surface area (Å²) in [5.74, 6) is -1.40. The maximum atomic E-state index is 11.9. The summed E-state index contributed by atoms with van der Waals surface area (Å²) in [6.45, 7) is 4.43. The van der Waals surface area contributed by atoms with E-state index in [0.29, 0.717) is 12.8 Å². The molecule has 0 bridgehead atoms. The maximum Gasteiger partial charge on any atom is 0.303 e. The van der Waals surface area contributed by atoms with Gasteiger partial charge in [0.2, 0.25) is 0 Å². The first-order valence-electron chi connectivity index (χ1n) is 11.0. The average molecular weight is 477 g/mol. The third kappa shape index (κ3) is 5.82.